The number of nitro benzene ring substituents is 1. The number of nitro groups is 1. The third kappa shape index (κ3) is 4.39. The van der Waals surface area contributed by atoms with Crippen LogP contribution in [-0.4, -0.2) is 13.3 Å². The summed E-state index contributed by atoms with van der Waals surface area (Å²) in [5.41, 5.74) is 2.80. The molecule has 0 aliphatic heterocycles. The minimum absolute atomic E-state index is 0.0131. The molecule has 0 spiro atoms. The number of non-ortho nitro benzene ring substituents is 1. The Morgan fingerprint density at radius 1 is 0.852 bits per heavy atom. The van der Waals surface area contributed by atoms with Crippen molar-refractivity contribution in [2.75, 3.05) is 0 Å². The summed E-state index contributed by atoms with van der Waals surface area (Å²) in [5.74, 6) is 0. The molecule has 0 radical (unpaired) electrons. The molecule has 1 N–H and O–H groups in total. The van der Waals surface area contributed by atoms with Gasteiger partial charge in [0.15, 0.2) is 0 Å². The fourth-order valence-corrected chi connectivity index (χ4v) is 3.94. The van der Waals surface area contributed by atoms with Gasteiger partial charge in [0.25, 0.3) is 5.69 Å². The van der Waals surface area contributed by atoms with Crippen LogP contribution in [0.3, 0.4) is 0 Å². The first kappa shape index (κ1) is 18.8. The first-order valence-corrected chi connectivity index (χ1v) is 9.77. The van der Waals surface area contributed by atoms with Gasteiger partial charge in [0.2, 0.25) is 10.0 Å². The van der Waals surface area contributed by atoms with Gasteiger partial charge < -0.3 is 0 Å². The smallest absolute Gasteiger partial charge is 0.258 e. The number of benzene rings is 3. The van der Waals surface area contributed by atoms with Crippen molar-refractivity contribution < 1.29 is 13.3 Å². The predicted molar refractivity (Wildman–Crippen MR) is 104 cm³/mol. The molecule has 0 amide bonds. The van der Waals surface area contributed by atoms with Crippen LogP contribution >= 0.6 is 0 Å². The van der Waals surface area contributed by atoms with Crippen LogP contribution in [0.1, 0.15) is 18.5 Å². The zero-order valence-corrected chi connectivity index (χ0v) is 15.4. The molecular weight excluding hydrogens is 364 g/mol. The summed E-state index contributed by atoms with van der Waals surface area (Å²) in [7, 11) is -3.79. The van der Waals surface area contributed by atoms with Crippen LogP contribution in [0.4, 0.5) is 5.69 Å². The van der Waals surface area contributed by atoms with Crippen molar-refractivity contribution >= 4 is 15.7 Å². The highest BCUT2D eigenvalue weighted by Gasteiger charge is 2.19. The number of hydrogen-bond acceptors (Lipinski definition) is 4. The summed E-state index contributed by atoms with van der Waals surface area (Å²) >= 11 is 0. The van der Waals surface area contributed by atoms with Crippen LogP contribution in [0, 0.1) is 10.1 Å². The fourth-order valence-electron chi connectivity index (χ4n) is 2.71. The summed E-state index contributed by atoms with van der Waals surface area (Å²) in [4.78, 5) is 10.1. The molecular formula is C20H18N2O4S. The Morgan fingerprint density at radius 3 is 1.96 bits per heavy atom. The van der Waals surface area contributed by atoms with Crippen molar-refractivity contribution in [2.24, 2.45) is 0 Å². The average molecular weight is 382 g/mol. The molecule has 0 aliphatic rings. The molecule has 3 rings (SSSR count). The van der Waals surface area contributed by atoms with Crippen LogP contribution in [0.15, 0.2) is 83.8 Å². The zero-order chi connectivity index (χ0) is 19.4. The topological polar surface area (TPSA) is 89.3 Å². The summed E-state index contributed by atoms with van der Waals surface area (Å²) in [6.07, 6.45) is 0. The number of nitrogens with one attached hydrogen (secondary N) is 1. The highest BCUT2D eigenvalue weighted by Crippen LogP contribution is 2.23. The van der Waals surface area contributed by atoms with Crippen molar-refractivity contribution in [2.45, 2.75) is 17.9 Å². The van der Waals surface area contributed by atoms with E-state index >= 15 is 0 Å². The van der Waals surface area contributed by atoms with Crippen LogP contribution in [0.5, 0.6) is 0 Å². The van der Waals surface area contributed by atoms with E-state index in [1.807, 2.05) is 54.6 Å². The van der Waals surface area contributed by atoms with Gasteiger partial charge in [-0.1, -0.05) is 54.6 Å². The second kappa shape index (κ2) is 7.69. The Balaban J connectivity index is 1.75. The van der Waals surface area contributed by atoms with E-state index in [0.29, 0.717) is 0 Å². The van der Waals surface area contributed by atoms with Crippen molar-refractivity contribution in [3.05, 3.63) is 94.5 Å². The Labute approximate surface area is 157 Å². The second-order valence-electron chi connectivity index (χ2n) is 6.08. The lowest BCUT2D eigenvalue weighted by Crippen LogP contribution is -2.26. The first-order valence-electron chi connectivity index (χ1n) is 8.29. The molecule has 3 aromatic rings. The maximum absolute atomic E-state index is 12.5. The minimum Gasteiger partial charge on any atom is -0.258 e. The standard InChI is InChI=1S/C20H18N2O4S/c1-15(16-7-9-18(10-8-16)17-5-3-2-4-6-17)21-27(25,26)20-13-11-19(12-14-20)22(23)24/h2-15,21H,1H3/t15-/m1/s1. The number of rotatable bonds is 6. The van der Waals surface area contributed by atoms with Crippen LogP contribution in [0.25, 0.3) is 11.1 Å². The lowest BCUT2D eigenvalue weighted by atomic mass is 10.0. The molecule has 27 heavy (non-hydrogen) atoms. The Bertz CT molecular complexity index is 1030. The van der Waals surface area contributed by atoms with Crippen molar-refractivity contribution in [3.63, 3.8) is 0 Å². The summed E-state index contributed by atoms with van der Waals surface area (Å²) < 4.78 is 27.6. The van der Waals surface area contributed by atoms with Crippen molar-refractivity contribution in [1.82, 2.24) is 4.72 Å². The largest absolute Gasteiger partial charge is 0.269 e. The third-order valence-electron chi connectivity index (χ3n) is 4.21. The molecule has 1 atom stereocenters. The van der Waals surface area contributed by atoms with E-state index in [0.717, 1.165) is 16.7 Å². The van der Waals surface area contributed by atoms with E-state index in [9.17, 15) is 18.5 Å². The zero-order valence-electron chi connectivity index (χ0n) is 14.6. The van der Waals surface area contributed by atoms with Crippen LogP contribution in [-0.2, 0) is 10.0 Å². The molecule has 0 aliphatic carbocycles. The number of nitrogens with zero attached hydrogens (tertiary/aromatic N) is 1. The maximum Gasteiger partial charge on any atom is 0.269 e. The van der Waals surface area contributed by atoms with Gasteiger partial charge in [-0.15, -0.1) is 0 Å². The monoisotopic (exact) mass is 382 g/mol. The summed E-state index contributed by atoms with van der Waals surface area (Å²) in [6.45, 7) is 1.75. The van der Waals surface area contributed by atoms with Gasteiger partial charge in [0.1, 0.15) is 0 Å². The van der Waals surface area contributed by atoms with Gasteiger partial charge in [0, 0.05) is 18.2 Å². The van der Waals surface area contributed by atoms with Gasteiger partial charge >= 0.3 is 0 Å². The van der Waals surface area contributed by atoms with E-state index < -0.39 is 21.0 Å². The van der Waals surface area contributed by atoms with Crippen molar-refractivity contribution in [3.8, 4) is 11.1 Å². The molecule has 138 valence electrons. The summed E-state index contributed by atoms with van der Waals surface area (Å²) in [6, 6.07) is 21.9. The van der Waals surface area contributed by atoms with Gasteiger partial charge in [-0.3, -0.25) is 10.1 Å². The van der Waals surface area contributed by atoms with E-state index in [2.05, 4.69) is 4.72 Å². The maximum atomic E-state index is 12.5. The van der Waals surface area contributed by atoms with Gasteiger partial charge in [-0.2, -0.15) is 0 Å². The van der Waals surface area contributed by atoms with Crippen molar-refractivity contribution in [1.29, 1.82) is 0 Å². The molecule has 0 aromatic heterocycles. The third-order valence-corrected chi connectivity index (χ3v) is 5.76. The highest BCUT2D eigenvalue weighted by molar-refractivity contribution is 7.89. The van der Waals surface area contributed by atoms with Crippen LogP contribution in [0.2, 0.25) is 0 Å². The number of hydrogen-bond donors (Lipinski definition) is 1. The minimum atomic E-state index is -3.79. The SMILES string of the molecule is C[C@@H](NS(=O)(=O)c1ccc([N+](=O)[O-])cc1)c1ccc(-c2ccccc2)cc1. The molecule has 0 fully saturated rings. The lowest BCUT2D eigenvalue weighted by molar-refractivity contribution is -0.384. The quantitative estimate of drug-likeness (QED) is 0.508. The second-order valence-corrected chi connectivity index (χ2v) is 7.80. The van der Waals surface area contributed by atoms with Gasteiger partial charge in [-0.25, -0.2) is 13.1 Å². The highest BCUT2D eigenvalue weighted by atomic mass is 32.2. The number of sulfonamides is 1. The molecule has 0 saturated carbocycles. The Kier molecular flexibility index (Phi) is 5.34. The normalized spacial score (nSPS) is 12.5. The van der Waals surface area contributed by atoms with E-state index in [4.69, 9.17) is 0 Å². The van der Waals surface area contributed by atoms with Gasteiger partial charge in [-0.05, 0) is 35.7 Å². The van der Waals surface area contributed by atoms with E-state index in [-0.39, 0.29) is 10.6 Å². The average Bonchev–Trinajstić information content (AvgIpc) is 2.68. The molecule has 0 unspecified atom stereocenters. The fraction of sp³-hybridized carbons (Fsp3) is 0.100. The van der Waals surface area contributed by atoms with Gasteiger partial charge in [0.05, 0.1) is 9.82 Å². The summed E-state index contributed by atoms with van der Waals surface area (Å²) in [5, 5.41) is 10.7. The molecule has 3 aromatic carbocycles. The van der Waals surface area contributed by atoms with Crippen LogP contribution < -0.4 is 4.72 Å². The predicted octanol–water partition coefficient (Wildman–Crippen LogP) is 4.30. The molecule has 0 bridgehead atoms. The first-order chi connectivity index (χ1) is 12.9. The van der Waals surface area contributed by atoms with E-state index in [1.54, 1.807) is 6.92 Å². The Morgan fingerprint density at radius 2 is 1.41 bits per heavy atom. The molecule has 6 nitrogen and oxygen atoms in total. The Hall–Kier alpha value is -3.03. The molecule has 7 heteroatoms. The lowest BCUT2D eigenvalue weighted by Gasteiger charge is -2.15. The molecule has 0 heterocycles. The van der Waals surface area contributed by atoms with E-state index in [1.165, 1.54) is 24.3 Å². The molecule has 0 saturated heterocycles.